The number of hydrogen-bond donors (Lipinski definition) is 0. The summed E-state index contributed by atoms with van der Waals surface area (Å²) in [5.41, 5.74) is 0.155. The molecule has 0 unspecified atom stereocenters. The Morgan fingerprint density at radius 3 is 2.59 bits per heavy atom. The molecule has 1 aliphatic carbocycles. The quantitative estimate of drug-likeness (QED) is 0.751. The highest BCUT2D eigenvalue weighted by Gasteiger charge is 2.41. The molecule has 0 spiro atoms. The average Bonchev–Trinajstić information content (AvgIpc) is 2.88. The lowest BCUT2D eigenvalue weighted by Crippen LogP contribution is -2.28. The molecule has 0 aromatic carbocycles. The Morgan fingerprint density at radius 2 is 2.00 bits per heavy atom. The lowest BCUT2D eigenvalue weighted by Gasteiger charge is -2.25. The number of nitrogens with zero attached hydrogens (tertiary/aromatic N) is 2. The number of carbonyl (C=O) groups is 1. The van der Waals surface area contributed by atoms with Crippen molar-refractivity contribution >= 4 is 5.78 Å². The van der Waals surface area contributed by atoms with E-state index in [0.29, 0.717) is 11.6 Å². The van der Waals surface area contributed by atoms with Crippen LogP contribution in [0.3, 0.4) is 0 Å². The predicted molar refractivity (Wildman–Crippen MR) is 64.1 cm³/mol. The zero-order valence-corrected chi connectivity index (χ0v) is 10.4. The van der Waals surface area contributed by atoms with Gasteiger partial charge in [-0.2, -0.15) is 0 Å². The minimum atomic E-state index is -0.233. The first-order valence-electron chi connectivity index (χ1n) is 6.13. The van der Waals surface area contributed by atoms with Crippen molar-refractivity contribution in [2.45, 2.75) is 39.0 Å². The van der Waals surface area contributed by atoms with Gasteiger partial charge in [-0.25, -0.2) is 9.97 Å². The number of Topliss-reactive ketones (excluding diaryl/α,β-unsaturated/α-hetero) is 1. The smallest absolute Gasteiger partial charge is 0.243 e. The van der Waals surface area contributed by atoms with Crippen LogP contribution >= 0.6 is 0 Å². The maximum absolute atomic E-state index is 12.6. The molecule has 0 N–H and O–H groups in total. The molecule has 0 saturated heterocycles. The summed E-state index contributed by atoms with van der Waals surface area (Å²) < 4.78 is 5.12. The fourth-order valence-electron chi connectivity index (χ4n) is 2.67. The highest BCUT2D eigenvalue weighted by molar-refractivity contribution is 6.00. The van der Waals surface area contributed by atoms with Crippen LogP contribution in [0.4, 0.5) is 0 Å². The Bertz CT molecular complexity index is 412. The topological polar surface area (TPSA) is 52.1 Å². The van der Waals surface area contributed by atoms with E-state index >= 15 is 0 Å². The number of rotatable bonds is 4. The summed E-state index contributed by atoms with van der Waals surface area (Å²) in [4.78, 5) is 20.8. The van der Waals surface area contributed by atoms with Gasteiger partial charge in [0.1, 0.15) is 0 Å². The second kappa shape index (κ2) is 4.82. The van der Waals surface area contributed by atoms with Crippen molar-refractivity contribution in [3.8, 4) is 5.88 Å². The van der Waals surface area contributed by atoms with E-state index in [0.717, 1.165) is 32.1 Å². The van der Waals surface area contributed by atoms with Gasteiger partial charge in [-0.3, -0.25) is 4.79 Å². The van der Waals surface area contributed by atoms with Crippen LogP contribution in [0, 0.1) is 5.41 Å². The first-order chi connectivity index (χ1) is 8.23. The van der Waals surface area contributed by atoms with Crippen LogP contribution in [-0.4, -0.2) is 22.9 Å². The van der Waals surface area contributed by atoms with Crippen LogP contribution in [0.5, 0.6) is 5.88 Å². The van der Waals surface area contributed by atoms with Gasteiger partial charge in [0.2, 0.25) is 5.88 Å². The van der Waals surface area contributed by atoms with Crippen molar-refractivity contribution in [1.29, 1.82) is 0 Å². The van der Waals surface area contributed by atoms with E-state index in [1.807, 2.05) is 0 Å². The molecule has 1 saturated carbocycles. The van der Waals surface area contributed by atoms with Gasteiger partial charge in [0.05, 0.1) is 7.11 Å². The Hall–Kier alpha value is -1.45. The molecule has 1 fully saturated rings. The van der Waals surface area contributed by atoms with Gasteiger partial charge in [0.25, 0.3) is 0 Å². The van der Waals surface area contributed by atoms with Crippen molar-refractivity contribution in [2.75, 3.05) is 7.11 Å². The van der Waals surface area contributed by atoms with E-state index in [1.54, 1.807) is 12.4 Å². The van der Waals surface area contributed by atoms with E-state index in [1.165, 1.54) is 7.11 Å². The predicted octanol–water partition coefficient (Wildman–Crippen LogP) is 2.64. The number of carbonyl (C=O) groups excluding carboxylic acids is 1. The Balaban J connectivity index is 2.35. The number of ether oxygens (including phenoxy) is 1. The molecule has 0 radical (unpaired) electrons. The Kier molecular flexibility index (Phi) is 3.41. The number of ketones is 1. The van der Waals surface area contributed by atoms with E-state index in [9.17, 15) is 4.79 Å². The van der Waals surface area contributed by atoms with Crippen LogP contribution in [0.15, 0.2) is 12.4 Å². The van der Waals surface area contributed by atoms with Crippen LogP contribution < -0.4 is 4.74 Å². The summed E-state index contributed by atoms with van der Waals surface area (Å²) in [6.07, 6.45) is 8.14. The molecule has 1 aromatic heterocycles. The first kappa shape index (κ1) is 12.0. The Morgan fingerprint density at radius 1 is 1.35 bits per heavy atom. The lowest BCUT2D eigenvalue weighted by molar-refractivity contribution is 0.0781. The molecule has 92 valence electrons. The monoisotopic (exact) mass is 234 g/mol. The highest BCUT2D eigenvalue weighted by Crippen LogP contribution is 2.44. The Labute approximate surface area is 101 Å². The summed E-state index contributed by atoms with van der Waals surface area (Å²) in [5, 5.41) is 0. The van der Waals surface area contributed by atoms with Gasteiger partial charge in [-0.05, 0) is 19.3 Å². The van der Waals surface area contributed by atoms with E-state index in [4.69, 9.17) is 4.74 Å². The lowest BCUT2D eigenvalue weighted by atomic mass is 9.78. The fourth-order valence-corrected chi connectivity index (χ4v) is 2.67. The summed E-state index contributed by atoms with van der Waals surface area (Å²) in [5.74, 6) is 0.444. The van der Waals surface area contributed by atoms with E-state index in [2.05, 4.69) is 16.9 Å². The van der Waals surface area contributed by atoms with Gasteiger partial charge in [-0.1, -0.05) is 19.8 Å². The molecule has 0 aliphatic heterocycles. The van der Waals surface area contributed by atoms with Crippen molar-refractivity contribution in [1.82, 2.24) is 9.97 Å². The highest BCUT2D eigenvalue weighted by atomic mass is 16.5. The molecule has 1 heterocycles. The maximum atomic E-state index is 12.6. The standard InChI is InChI=1S/C13H18N2O2/c1-3-13(6-4-5-7-13)11(16)10-12(17-2)15-9-8-14-10/h8-9H,3-7H2,1-2H3. The SMILES string of the molecule is CCC1(C(=O)c2nccnc2OC)CCCC1. The van der Waals surface area contributed by atoms with Gasteiger partial charge < -0.3 is 4.74 Å². The molecule has 17 heavy (non-hydrogen) atoms. The maximum Gasteiger partial charge on any atom is 0.243 e. The van der Waals surface area contributed by atoms with E-state index < -0.39 is 0 Å². The second-order valence-corrected chi connectivity index (χ2v) is 4.58. The van der Waals surface area contributed by atoms with Crippen LogP contribution in [0.1, 0.15) is 49.5 Å². The molecule has 0 atom stereocenters. The minimum absolute atomic E-state index is 0.0995. The molecule has 4 nitrogen and oxygen atoms in total. The molecule has 2 rings (SSSR count). The van der Waals surface area contributed by atoms with Crippen molar-refractivity contribution < 1.29 is 9.53 Å². The second-order valence-electron chi connectivity index (χ2n) is 4.58. The molecular formula is C13H18N2O2. The zero-order valence-electron chi connectivity index (χ0n) is 10.4. The van der Waals surface area contributed by atoms with E-state index in [-0.39, 0.29) is 11.2 Å². The molecule has 0 bridgehead atoms. The van der Waals surface area contributed by atoms with Gasteiger partial charge in [-0.15, -0.1) is 0 Å². The minimum Gasteiger partial charge on any atom is -0.479 e. The van der Waals surface area contributed by atoms with Gasteiger partial charge in [0, 0.05) is 17.8 Å². The van der Waals surface area contributed by atoms with Gasteiger partial charge >= 0.3 is 0 Å². The molecule has 0 amide bonds. The normalized spacial score (nSPS) is 18.0. The van der Waals surface area contributed by atoms with Crippen molar-refractivity contribution in [3.05, 3.63) is 18.1 Å². The molecule has 1 aliphatic rings. The number of hydrogen-bond acceptors (Lipinski definition) is 4. The summed E-state index contributed by atoms with van der Waals surface area (Å²) >= 11 is 0. The summed E-state index contributed by atoms with van der Waals surface area (Å²) in [6.45, 7) is 2.08. The van der Waals surface area contributed by atoms with Crippen molar-refractivity contribution in [2.24, 2.45) is 5.41 Å². The van der Waals surface area contributed by atoms with Crippen LogP contribution in [0.25, 0.3) is 0 Å². The third-order valence-corrected chi connectivity index (χ3v) is 3.79. The van der Waals surface area contributed by atoms with Crippen molar-refractivity contribution in [3.63, 3.8) is 0 Å². The first-order valence-corrected chi connectivity index (χ1v) is 6.13. The summed E-state index contributed by atoms with van der Waals surface area (Å²) in [6, 6.07) is 0. The molecular weight excluding hydrogens is 216 g/mol. The average molecular weight is 234 g/mol. The zero-order chi connectivity index (χ0) is 12.3. The molecule has 4 heteroatoms. The summed E-state index contributed by atoms with van der Waals surface area (Å²) in [7, 11) is 1.52. The fraction of sp³-hybridized carbons (Fsp3) is 0.615. The van der Waals surface area contributed by atoms with Crippen LogP contribution in [-0.2, 0) is 0 Å². The largest absolute Gasteiger partial charge is 0.479 e. The number of methoxy groups -OCH3 is 1. The third-order valence-electron chi connectivity index (χ3n) is 3.79. The van der Waals surface area contributed by atoms with Crippen LogP contribution in [0.2, 0.25) is 0 Å². The number of aromatic nitrogens is 2. The molecule has 1 aromatic rings. The van der Waals surface area contributed by atoms with Gasteiger partial charge in [0.15, 0.2) is 11.5 Å². The third kappa shape index (κ3) is 2.04.